The molecule has 3 aromatic rings. The van der Waals surface area contributed by atoms with Gasteiger partial charge in [0.1, 0.15) is 5.75 Å². The standard InChI is InChI=1S/C23H22O4/c1-3-19(21-10-6-8-16-7-4-5-9-20(16)21)22(23(24)25)17-11-13-18(14-12-17)27-15-26-2/h4-14H,3,15H2,1-2H3,(H,24,25). The number of methoxy groups -OCH3 is 1. The fourth-order valence-electron chi connectivity index (χ4n) is 3.26. The number of ether oxygens (including phenoxy) is 2. The van der Waals surface area contributed by atoms with Crippen LogP contribution in [0.4, 0.5) is 0 Å². The minimum atomic E-state index is -0.939. The average molecular weight is 362 g/mol. The van der Waals surface area contributed by atoms with Crippen LogP contribution in [0.25, 0.3) is 21.9 Å². The SMILES string of the molecule is CCC(=C(C(=O)O)c1ccc(OCOC)cc1)c1cccc2ccccc12. The molecule has 138 valence electrons. The Labute approximate surface area is 158 Å². The number of carboxylic acids is 1. The minimum Gasteiger partial charge on any atom is -0.478 e. The van der Waals surface area contributed by atoms with Gasteiger partial charge in [0.05, 0.1) is 5.57 Å². The van der Waals surface area contributed by atoms with Gasteiger partial charge < -0.3 is 14.6 Å². The van der Waals surface area contributed by atoms with Crippen LogP contribution < -0.4 is 4.74 Å². The van der Waals surface area contributed by atoms with Gasteiger partial charge in [-0.05, 0) is 46.0 Å². The first kappa shape index (κ1) is 18.7. The Balaban J connectivity index is 2.15. The summed E-state index contributed by atoms with van der Waals surface area (Å²) in [7, 11) is 1.55. The zero-order valence-electron chi connectivity index (χ0n) is 15.4. The highest BCUT2D eigenvalue weighted by Gasteiger charge is 2.18. The molecule has 3 aromatic carbocycles. The predicted octanol–water partition coefficient (Wildman–Crippen LogP) is 5.23. The van der Waals surface area contributed by atoms with Crippen molar-refractivity contribution < 1.29 is 19.4 Å². The first-order chi connectivity index (χ1) is 13.2. The second-order valence-corrected chi connectivity index (χ2v) is 6.11. The Morgan fingerprint density at radius 2 is 1.67 bits per heavy atom. The maximum absolute atomic E-state index is 12.2. The van der Waals surface area contributed by atoms with E-state index in [-0.39, 0.29) is 6.79 Å². The molecule has 1 N–H and O–H groups in total. The Kier molecular flexibility index (Phi) is 5.89. The molecular formula is C23H22O4. The maximum atomic E-state index is 12.2. The summed E-state index contributed by atoms with van der Waals surface area (Å²) in [6.07, 6.45) is 0.609. The van der Waals surface area contributed by atoms with Crippen molar-refractivity contribution in [2.45, 2.75) is 13.3 Å². The lowest BCUT2D eigenvalue weighted by molar-refractivity contribution is -0.130. The third-order valence-electron chi connectivity index (χ3n) is 4.47. The van der Waals surface area contributed by atoms with Crippen LogP contribution in [0, 0.1) is 0 Å². The molecule has 0 bridgehead atoms. The smallest absolute Gasteiger partial charge is 0.336 e. The third kappa shape index (κ3) is 4.01. The number of fused-ring (bicyclic) bond motifs is 1. The molecule has 0 aliphatic carbocycles. The first-order valence-corrected chi connectivity index (χ1v) is 8.82. The number of rotatable bonds is 7. The molecular weight excluding hydrogens is 340 g/mol. The van der Waals surface area contributed by atoms with E-state index in [2.05, 4.69) is 0 Å². The van der Waals surface area contributed by atoms with Gasteiger partial charge in [-0.3, -0.25) is 0 Å². The molecule has 0 aliphatic heterocycles. The zero-order valence-corrected chi connectivity index (χ0v) is 15.4. The van der Waals surface area contributed by atoms with Gasteiger partial charge in [-0.2, -0.15) is 0 Å². The zero-order chi connectivity index (χ0) is 19.2. The normalized spacial score (nSPS) is 11.9. The number of hydrogen-bond donors (Lipinski definition) is 1. The van der Waals surface area contributed by atoms with E-state index >= 15 is 0 Å². The largest absolute Gasteiger partial charge is 0.478 e. The van der Waals surface area contributed by atoms with E-state index in [1.807, 2.05) is 49.4 Å². The number of carbonyl (C=O) groups is 1. The number of benzene rings is 3. The molecule has 0 saturated carbocycles. The summed E-state index contributed by atoms with van der Waals surface area (Å²) in [5.74, 6) is -0.307. The van der Waals surface area contributed by atoms with E-state index in [0.29, 0.717) is 23.3 Å². The van der Waals surface area contributed by atoms with E-state index in [1.54, 1.807) is 31.4 Å². The van der Waals surface area contributed by atoms with Crippen LogP contribution in [0.15, 0.2) is 66.7 Å². The van der Waals surface area contributed by atoms with Crippen LogP contribution in [0.1, 0.15) is 24.5 Å². The van der Waals surface area contributed by atoms with Crippen LogP contribution in [-0.2, 0) is 9.53 Å². The van der Waals surface area contributed by atoms with Crippen molar-refractivity contribution in [2.24, 2.45) is 0 Å². The molecule has 4 heteroatoms. The average Bonchev–Trinajstić information content (AvgIpc) is 2.70. The van der Waals surface area contributed by atoms with E-state index < -0.39 is 5.97 Å². The lowest BCUT2D eigenvalue weighted by Crippen LogP contribution is -2.04. The number of allylic oxidation sites excluding steroid dienone is 1. The van der Waals surface area contributed by atoms with Gasteiger partial charge in [0.25, 0.3) is 0 Å². The molecule has 0 aliphatic rings. The number of carboxylic acid groups (broad SMARTS) is 1. The second-order valence-electron chi connectivity index (χ2n) is 6.11. The molecule has 3 rings (SSSR count). The molecule has 4 nitrogen and oxygen atoms in total. The Bertz CT molecular complexity index is 966. The van der Waals surface area contributed by atoms with Crippen LogP contribution in [0.2, 0.25) is 0 Å². The lowest BCUT2D eigenvalue weighted by Gasteiger charge is -2.15. The highest BCUT2D eigenvalue weighted by atomic mass is 16.7. The predicted molar refractivity (Wildman–Crippen MR) is 108 cm³/mol. The van der Waals surface area contributed by atoms with E-state index in [4.69, 9.17) is 9.47 Å². The summed E-state index contributed by atoms with van der Waals surface area (Å²) in [5.41, 5.74) is 2.72. The summed E-state index contributed by atoms with van der Waals surface area (Å²) in [4.78, 5) is 12.2. The van der Waals surface area contributed by atoms with Gasteiger partial charge in [0.15, 0.2) is 6.79 Å². The quantitative estimate of drug-likeness (QED) is 0.355. The van der Waals surface area contributed by atoms with Crippen LogP contribution in [0.5, 0.6) is 5.75 Å². The summed E-state index contributed by atoms with van der Waals surface area (Å²) < 4.78 is 10.3. The van der Waals surface area contributed by atoms with Gasteiger partial charge in [-0.1, -0.05) is 61.5 Å². The van der Waals surface area contributed by atoms with E-state index in [1.165, 1.54) is 0 Å². The third-order valence-corrected chi connectivity index (χ3v) is 4.47. The Morgan fingerprint density at radius 3 is 2.33 bits per heavy atom. The van der Waals surface area contributed by atoms with Crippen LogP contribution in [-0.4, -0.2) is 25.0 Å². The summed E-state index contributed by atoms with van der Waals surface area (Å²) in [6.45, 7) is 2.13. The van der Waals surface area contributed by atoms with Crippen molar-refractivity contribution in [1.82, 2.24) is 0 Å². The van der Waals surface area contributed by atoms with Crippen molar-refractivity contribution in [2.75, 3.05) is 13.9 Å². The first-order valence-electron chi connectivity index (χ1n) is 8.82. The molecule has 0 spiro atoms. The lowest BCUT2D eigenvalue weighted by atomic mass is 9.90. The maximum Gasteiger partial charge on any atom is 0.336 e. The van der Waals surface area contributed by atoms with Crippen LogP contribution in [0.3, 0.4) is 0 Å². The van der Waals surface area contributed by atoms with Crippen molar-refractivity contribution in [3.63, 3.8) is 0 Å². The topological polar surface area (TPSA) is 55.8 Å². The Morgan fingerprint density at radius 1 is 0.963 bits per heavy atom. The molecule has 0 amide bonds. The molecule has 0 heterocycles. The van der Waals surface area contributed by atoms with Crippen molar-refractivity contribution in [3.8, 4) is 5.75 Å². The van der Waals surface area contributed by atoms with Gasteiger partial charge in [0, 0.05) is 7.11 Å². The highest BCUT2D eigenvalue weighted by Crippen LogP contribution is 2.34. The molecule has 0 fully saturated rings. The van der Waals surface area contributed by atoms with Crippen molar-refractivity contribution >= 4 is 27.9 Å². The highest BCUT2D eigenvalue weighted by molar-refractivity contribution is 6.25. The number of aliphatic carboxylic acids is 1. The van der Waals surface area contributed by atoms with Gasteiger partial charge in [-0.15, -0.1) is 0 Å². The molecule has 0 atom stereocenters. The van der Waals surface area contributed by atoms with Gasteiger partial charge in [0.2, 0.25) is 0 Å². The molecule has 0 saturated heterocycles. The minimum absolute atomic E-state index is 0.150. The molecule has 0 aromatic heterocycles. The van der Waals surface area contributed by atoms with Crippen LogP contribution >= 0.6 is 0 Å². The van der Waals surface area contributed by atoms with E-state index in [9.17, 15) is 9.90 Å². The molecule has 0 unspecified atom stereocenters. The number of hydrogen-bond acceptors (Lipinski definition) is 3. The van der Waals surface area contributed by atoms with Gasteiger partial charge in [-0.25, -0.2) is 4.79 Å². The fraction of sp³-hybridized carbons (Fsp3) is 0.174. The summed E-state index contributed by atoms with van der Waals surface area (Å²) in [5, 5.41) is 12.1. The summed E-state index contributed by atoms with van der Waals surface area (Å²) >= 11 is 0. The Hall–Kier alpha value is -3.11. The van der Waals surface area contributed by atoms with Crippen molar-refractivity contribution in [1.29, 1.82) is 0 Å². The molecule has 0 radical (unpaired) electrons. The van der Waals surface area contributed by atoms with Crippen molar-refractivity contribution in [3.05, 3.63) is 77.9 Å². The van der Waals surface area contributed by atoms with Gasteiger partial charge >= 0.3 is 5.97 Å². The molecule has 27 heavy (non-hydrogen) atoms. The fourth-order valence-corrected chi connectivity index (χ4v) is 3.26. The second kappa shape index (κ2) is 8.52. The summed E-state index contributed by atoms with van der Waals surface area (Å²) in [6, 6.07) is 21.1. The monoisotopic (exact) mass is 362 g/mol. The van der Waals surface area contributed by atoms with E-state index in [0.717, 1.165) is 21.9 Å².